The zero-order valence-electron chi connectivity index (χ0n) is 14.0. The van der Waals surface area contributed by atoms with Gasteiger partial charge in [-0.2, -0.15) is 5.10 Å². The molecule has 0 saturated carbocycles. The second-order valence-electron chi connectivity index (χ2n) is 6.53. The monoisotopic (exact) mass is 326 g/mol. The minimum atomic E-state index is -0.0595. The topological polar surface area (TPSA) is 71.3 Å². The number of ether oxygens (including phenoxy) is 1. The summed E-state index contributed by atoms with van der Waals surface area (Å²) in [6.45, 7) is 7.37. The highest BCUT2D eigenvalue weighted by Gasteiger charge is 2.25. The molecule has 7 heteroatoms. The van der Waals surface area contributed by atoms with Gasteiger partial charge in [0.05, 0.1) is 12.3 Å². The van der Waals surface area contributed by atoms with E-state index in [2.05, 4.69) is 49.5 Å². The number of hydrogen-bond acceptors (Lipinski definition) is 5. The summed E-state index contributed by atoms with van der Waals surface area (Å²) in [5, 5.41) is 7.31. The Balaban J connectivity index is 1.46. The smallest absolute Gasteiger partial charge is 0.155 e. The fraction of sp³-hybridized carbons (Fsp3) is 0.471. The third-order valence-electron chi connectivity index (χ3n) is 4.29. The number of rotatable bonds is 4. The van der Waals surface area contributed by atoms with E-state index in [-0.39, 0.29) is 6.10 Å². The summed E-state index contributed by atoms with van der Waals surface area (Å²) in [7, 11) is 0. The third kappa shape index (κ3) is 3.05. The van der Waals surface area contributed by atoms with E-state index in [0.29, 0.717) is 12.5 Å². The second kappa shape index (κ2) is 6.33. The van der Waals surface area contributed by atoms with Crippen LogP contribution in [0.2, 0.25) is 0 Å². The SMILES string of the molecule is CC(C)c1n[nH]c([C@H]2CN(Cc3cn4ccccc4n3)CCO2)n1. The molecule has 7 nitrogen and oxygen atoms in total. The maximum atomic E-state index is 5.88. The molecule has 3 aromatic heterocycles. The first kappa shape index (κ1) is 15.3. The van der Waals surface area contributed by atoms with Crippen molar-refractivity contribution in [3.63, 3.8) is 0 Å². The lowest BCUT2D eigenvalue weighted by Gasteiger charge is -2.31. The summed E-state index contributed by atoms with van der Waals surface area (Å²) >= 11 is 0. The molecule has 4 rings (SSSR count). The quantitative estimate of drug-likeness (QED) is 0.795. The minimum absolute atomic E-state index is 0.0595. The zero-order chi connectivity index (χ0) is 16.5. The van der Waals surface area contributed by atoms with Crippen molar-refractivity contribution in [2.75, 3.05) is 19.7 Å². The first-order valence-electron chi connectivity index (χ1n) is 8.38. The zero-order valence-corrected chi connectivity index (χ0v) is 14.0. The van der Waals surface area contributed by atoms with Gasteiger partial charge >= 0.3 is 0 Å². The summed E-state index contributed by atoms with van der Waals surface area (Å²) < 4.78 is 7.94. The van der Waals surface area contributed by atoms with Crippen LogP contribution in [0.25, 0.3) is 5.65 Å². The number of nitrogens with zero attached hydrogens (tertiary/aromatic N) is 5. The molecule has 1 aliphatic rings. The van der Waals surface area contributed by atoms with Gasteiger partial charge in [0, 0.05) is 37.9 Å². The molecule has 3 aromatic rings. The molecule has 0 aliphatic carbocycles. The summed E-state index contributed by atoms with van der Waals surface area (Å²) in [5.41, 5.74) is 2.05. The second-order valence-corrected chi connectivity index (χ2v) is 6.53. The van der Waals surface area contributed by atoms with Crippen LogP contribution in [0.15, 0.2) is 30.6 Å². The molecule has 0 amide bonds. The average molecular weight is 326 g/mol. The van der Waals surface area contributed by atoms with Crippen molar-refractivity contribution in [1.82, 2.24) is 29.5 Å². The molecule has 1 atom stereocenters. The largest absolute Gasteiger partial charge is 0.368 e. The van der Waals surface area contributed by atoms with Gasteiger partial charge < -0.3 is 9.14 Å². The Kier molecular flexibility index (Phi) is 4.03. The molecule has 0 radical (unpaired) electrons. The summed E-state index contributed by atoms with van der Waals surface area (Å²) in [5.74, 6) is 1.97. The van der Waals surface area contributed by atoms with Crippen LogP contribution >= 0.6 is 0 Å². The summed E-state index contributed by atoms with van der Waals surface area (Å²) in [6.07, 6.45) is 4.05. The van der Waals surface area contributed by atoms with Gasteiger partial charge in [-0.1, -0.05) is 19.9 Å². The van der Waals surface area contributed by atoms with Crippen molar-refractivity contribution in [2.24, 2.45) is 0 Å². The molecular formula is C17H22N6O. The number of nitrogens with one attached hydrogen (secondary N) is 1. The molecule has 0 unspecified atom stereocenters. The van der Waals surface area contributed by atoms with Crippen LogP contribution in [-0.4, -0.2) is 49.2 Å². The maximum Gasteiger partial charge on any atom is 0.155 e. The Morgan fingerprint density at radius 1 is 1.33 bits per heavy atom. The number of hydrogen-bond donors (Lipinski definition) is 1. The Labute approximate surface area is 140 Å². The van der Waals surface area contributed by atoms with Gasteiger partial charge in [0.1, 0.15) is 11.8 Å². The Bertz CT molecular complexity index is 790. The van der Waals surface area contributed by atoms with Crippen LogP contribution in [0.1, 0.15) is 43.2 Å². The van der Waals surface area contributed by atoms with Gasteiger partial charge in [0.15, 0.2) is 11.6 Å². The van der Waals surface area contributed by atoms with E-state index in [1.165, 1.54) is 0 Å². The highest BCUT2D eigenvalue weighted by Crippen LogP contribution is 2.21. The highest BCUT2D eigenvalue weighted by atomic mass is 16.5. The predicted molar refractivity (Wildman–Crippen MR) is 89.6 cm³/mol. The van der Waals surface area contributed by atoms with Gasteiger partial charge in [-0.15, -0.1) is 0 Å². The van der Waals surface area contributed by atoms with E-state index in [9.17, 15) is 0 Å². The standard InChI is InChI=1S/C17H22N6O/c1-12(2)16-19-17(21-20-16)14-11-22(7-8-24-14)9-13-10-23-6-4-3-5-15(23)18-13/h3-6,10,12,14H,7-9,11H2,1-2H3,(H,19,20,21)/t14-/m1/s1. The van der Waals surface area contributed by atoms with Crippen LogP contribution in [-0.2, 0) is 11.3 Å². The highest BCUT2D eigenvalue weighted by molar-refractivity contribution is 5.39. The van der Waals surface area contributed by atoms with Crippen LogP contribution in [0, 0.1) is 0 Å². The first-order chi connectivity index (χ1) is 11.7. The van der Waals surface area contributed by atoms with E-state index in [1.807, 2.05) is 24.4 Å². The Morgan fingerprint density at radius 3 is 3.04 bits per heavy atom. The fourth-order valence-electron chi connectivity index (χ4n) is 2.99. The van der Waals surface area contributed by atoms with Gasteiger partial charge in [-0.3, -0.25) is 10.00 Å². The maximum absolute atomic E-state index is 5.88. The van der Waals surface area contributed by atoms with Crippen LogP contribution < -0.4 is 0 Å². The molecule has 0 bridgehead atoms. The Hall–Kier alpha value is -2.25. The molecule has 0 aromatic carbocycles. The van der Waals surface area contributed by atoms with Gasteiger partial charge in [0.2, 0.25) is 0 Å². The molecule has 1 saturated heterocycles. The Morgan fingerprint density at radius 2 is 2.25 bits per heavy atom. The normalized spacial score (nSPS) is 19.4. The van der Waals surface area contributed by atoms with E-state index in [1.54, 1.807) is 0 Å². The molecule has 24 heavy (non-hydrogen) atoms. The van der Waals surface area contributed by atoms with Crippen LogP contribution in [0.5, 0.6) is 0 Å². The van der Waals surface area contributed by atoms with Crippen molar-refractivity contribution in [3.8, 4) is 0 Å². The van der Waals surface area contributed by atoms with Crippen molar-refractivity contribution in [2.45, 2.75) is 32.4 Å². The van der Waals surface area contributed by atoms with Gasteiger partial charge in [-0.05, 0) is 12.1 Å². The lowest BCUT2D eigenvalue weighted by atomic mass is 10.2. The number of fused-ring (bicyclic) bond motifs is 1. The molecule has 4 heterocycles. The molecule has 126 valence electrons. The van der Waals surface area contributed by atoms with E-state index < -0.39 is 0 Å². The van der Waals surface area contributed by atoms with Crippen LogP contribution in [0.3, 0.4) is 0 Å². The fourth-order valence-corrected chi connectivity index (χ4v) is 2.99. The van der Waals surface area contributed by atoms with Crippen LogP contribution in [0.4, 0.5) is 0 Å². The lowest BCUT2D eigenvalue weighted by Crippen LogP contribution is -2.38. The average Bonchev–Trinajstić information content (AvgIpc) is 3.21. The van der Waals surface area contributed by atoms with E-state index in [0.717, 1.165) is 42.6 Å². The lowest BCUT2D eigenvalue weighted by molar-refractivity contribution is -0.0374. The van der Waals surface area contributed by atoms with Gasteiger partial charge in [-0.25, -0.2) is 9.97 Å². The van der Waals surface area contributed by atoms with Crippen molar-refractivity contribution >= 4 is 5.65 Å². The number of morpholine rings is 1. The number of H-pyrrole nitrogens is 1. The number of aromatic nitrogens is 5. The number of pyridine rings is 1. The first-order valence-corrected chi connectivity index (χ1v) is 8.38. The molecular weight excluding hydrogens is 304 g/mol. The third-order valence-corrected chi connectivity index (χ3v) is 4.29. The van der Waals surface area contributed by atoms with Gasteiger partial charge in [0.25, 0.3) is 0 Å². The molecule has 1 N–H and O–H groups in total. The van der Waals surface area contributed by atoms with E-state index >= 15 is 0 Å². The van der Waals surface area contributed by atoms with Crippen molar-refractivity contribution < 1.29 is 4.74 Å². The van der Waals surface area contributed by atoms with Crippen molar-refractivity contribution in [3.05, 3.63) is 47.9 Å². The molecule has 1 aliphatic heterocycles. The number of imidazole rings is 1. The summed E-state index contributed by atoms with van der Waals surface area (Å²) in [4.78, 5) is 11.6. The van der Waals surface area contributed by atoms with E-state index in [4.69, 9.17) is 4.74 Å². The summed E-state index contributed by atoms with van der Waals surface area (Å²) in [6, 6.07) is 6.04. The predicted octanol–water partition coefficient (Wildman–Crippen LogP) is 2.15. The molecule has 1 fully saturated rings. The minimum Gasteiger partial charge on any atom is -0.368 e. The molecule has 0 spiro atoms. The number of aromatic amines is 1. The van der Waals surface area contributed by atoms with Crippen molar-refractivity contribution in [1.29, 1.82) is 0 Å².